The average molecular weight is 352 g/mol. The molecule has 0 saturated heterocycles. The first-order valence-corrected chi connectivity index (χ1v) is 9.07. The summed E-state index contributed by atoms with van der Waals surface area (Å²) in [6.45, 7) is 0. The van der Waals surface area contributed by atoms with Gasteiger partial charge in [-0.1, -0.05) is 66.7 Å². The van der Waals surface area contributed by atoms with E-state index in [1.807, 2.05) is 12.1 Å². The van der Waals surface area contributed by atoms with Gasteiger partial charge in [-0.15, -0.1) is 0 Å². The van der Waals surface area contributed by atoms with Crippen LogP contribution >= 0.6 is 0 Å². The molecule has 0 saturated carbocycles. The van der Waals surface area contributed by atoms with Gasteiger partial charge in [0.2, 0.25) is 0 Å². The first kappa shape index (κ1) is 17.1. The number of hydrogen-bond donors (Lipinski definition) is 0. The molecule has 0 aromatic heterocycles. The van der Waals surface area contributed by atoms with Crippen molar-refractivity contribution in [1.29, 1.82) is 0 Å². The average Bonchev–Trinajstić information content (AvgIpc) is 2.77. The Morgan fingerprint density at radius 1 is 0.481 bits per heavy atom. The largest absolute Gasteiger partial charge is 0.491 e. The molecule has 0 heterocycles. The summed E-state index contributed by atoms with van der Waals surface area (Å²) < 4.78 is 6.25. The van der Waals surface area contributed by atoms with Gasteiger partial charge in [-0.25, -0.2) is 0 Å². The van der Waals surface area contributed by atoms with E-state index in [0.717, 1.165) is 28.5 Å². The number of ether oxygens (including phenoxy) is 1. The minimum absolute atomic E-state index is 0.451. The van der Waals surface area contributed by atoms with Gasteiger partial charge >= 0.3 is 0 Å². The lowest BCUT2D eigenvalue weighted by Crippen LogP contribution is -2.33. The summed E-state index contributed by atoms with van der Waals surface area (Å²) in [5, 5.41) is 0. The van der Waals surface area contributed by atoms with Crippen LogP contribution in [0.25, 0.3) is 0 Å². The summed E-state index contributed by atoms with van der Waals surface area (Å²) in [5.41, 5.74) is 4.53. The van der Waals surface area contributed by atoms with Crippen molar-refractivity contribution >= 4 is 22.7 Å². The molecule has 4 aromatic carbocycles. The summed E-state index contributed by atoms with van der Waals surface area (Å²) in [4.78, 5) is 0. The highest BCUT2D eigenvalue weighted by atomic mass is 16.5. The number of benzene rings is 4. The first-order valence-electron chi connectivity index (χ1n) is 9.07. The second-order valence-corrected chi connectivity index (χ2v) is 6.35. The van der Waals surface area contributed by atoms with Crippen molar-refractivity contribution in [2.75, 3.05) is 7.11 Å². The Labute approximate surface area is 160 Å². The van der Waals surface area contributed by atoms with Crippen LogP contribution in [-0.4, -0.2) is 7.11 Å². The number of methoxy groups -OCH3 is 1. The van der Waals surface area contributed by atoms with Crippen LogP contribution in [0.3, 0.4) is 0 Å². The molecule has 132 valence electrons. The SMILES string of the molecule is COc1ccccc1[N+](c1ccccc1)(c1ccccc1)c1ccccc1. The zero-order valence-electron chi connectivity index (χ0n) is 15.3. The van der Waals surface area contributed by atoms with Gasteiger partial charge in [0, 0.05) is 42.5 Å². The topological polar surface area (TPSA) is 9.23 Å². The minimum Gasteiger partial charge on any atom is -0.491 e. The molecule has 0 aliphatic rings. The molecule has 0 aliphatic heterocycles. The number of rotatable bonds is 5. The Morgan fingerprint density at radius 2 is 0.852 bits per heavy atom. The highest BCUT2D eigenvalue weighted by Gasteiger charge is 2.41. The number of para-hydroxylation sites is 5. The van der Waals surface area contributed by atoms with E-state index in [4.69, 9.17) is 4.74 Å². The van der Waals surface area contributed by atoms with E-state index in [1.165, 1.54) is 0 Å². The predicted molar refractivity (Wildman–Crippen MR) is 113 cm³/mol. The Morgan fingerprint density at radius 3 is 1.26 bits per heavy atom. The van der Waals surface area contributed by atoms with E-state index in [-0.39, 0.29) is 0 Å². The highest BCUT2D eigenvalue weighted by Crippen LogP contribution is 2.53. The molecule has 0 N–H and O–H groups in total. The maximum atomic E-state index is 5.80. The Balaban J connectivity index is 2.17. The van der Waals surface area contributed by atoms with Crippen molar-refractivity contribution in [3.63, 3.8) is 0 Å². The van der Waals surface area contributed by atoms with Crippen LogP contribution in [0.1, 0.15) is 0 Å². The van der Waals surface area contributed by atoms with Crippen LogP contribution in [0.5, 0.6) is 5.75 Å². The van der Waals surface area contributed by atoms with Gasteiger partial charge in [0.25, 0.3) is 0 Å². The van der Waals surface area contributed by atoms with Crippen molar-refractivity contribution in [2.45, 2.75) is 0 Å². The van der Waals surface area contributed by atoms with E-state index < -0.39 is 0 Å². The molecule has 27 heavy (non-hydrogen) atoms. The Hall–Kier alpha value is -3.36. The second kappa shape index (κ2) is 7.48. The zero-order valence-corrected chi connectivity index (χ0v) is 15.3. The normalized spacial score (nSPS) is 11.1. The van der Waals surface area contributed by atoms with E-state index in [1.54, 1.807) is 7.11 Å². The quantitative estimate of drug-likeness (QED) is 0.351. The third-order valence-corrected chi connectivity index (χ3v) is 4.88. The maximum Gasteiger partial charge on any atom is 0.190 e. The molecular weight excluding hydrogens is 330 g/mol. The first-order chi connectivity index (χ1) is 13.4. The monoisotopic (exact) mass is 352 g/mol. The van der Waals surface area contributed by atoms with Crippen LogP contribution < -0.4 is 9.22 Å². The second-order valence-electron chi connectivity index (χ2n) is 6.35. The third-order valence-electron chi connectivity index (χ3n) is 4.88. The van der Waals surface area contributed by atoms with E-state index in [9.17, 15) is 0 Å². The fourth-order valence-electron chi connectivity index (χ4n) is 3.73. The molecular formula is C25H22NO+. The van der Waals surface area contributed by atoms with Gasteiger partial charge < -0.3 is 4.74 Å². The highest BCUT2D eigenvalue weighted by molar-refractivity contribution is 5.84. The van der Waals surface area contributed by atoms with Crippen LogP contribution in [0.15, 0.2) is 115 Å². The molecule has 0 bridgehead atoms. The smallest absolute Gasteiger partial charge is 0.190 e. The van der Waals surface area contributed by atoms with Crippen molar-refractivity contribution in [2.24, 2.45) is 0 Å². The predicted octanol–water partition coefficient (Wildman–Crippen LogP) is 7.00. The van der Waals surface area contributed by atoms with Crippen LogP contribution in [0.4, 0.5) is 22.7 Å². The van der Waals surface area contributed by atoms with Gasteiger partial charge in [0.05, 0.1) is 7.11 Å². The summed E-state index contributed by atoms with van der Waals surface area (Å²) in [7, 11) is 1.73. The number of hydrogen-bond acceptors (Lipinski definition) is 1. The molecule has 2 heteroatoms. The van der Waals surface area contributed by atoms with Gasteiger partial charge in [-0.2, -0.15) is 4.48 Å². The van der Waals surface area contributed by atoms with Gasteiger partial charge in [0.15, 0.2) is 11.4 Å². The van der Waals surface area contributed by atoms with Crippen LogP contribution in [0, 0.1) is 0 Å². The fraction of sp³-hybridized carbons (Fsp3) is 0.0400. The standard InChI is InChI=1S/C25H22NO/c1-27-25-20-12-11-19-24(25)26(21-13-5-2-6-14-21,22-15-7-3-8-16-22)23-17-9-4-10-18-23/h2-20H,1H3/q+1. The summed E-state index contributed by atoms with van der Waals surface area (Å²) in [5.74, 6) is 0.856. The molecule has 0 unspecified atom stereocenters. The molecule has 0 atom stereocenters. The van der Waals surface area contributed by atoms with Crippen LogP contribution in [-0.2, 0) is 0 Å². The summed E-state index contributed by atoms with van der Waals surface area (Å²) >= 11 is 0. The third kappa shape index (κ3) is 2.90. The summed E-state index contributed by atoms with van der Waals surface area (Å²) in [6.07, 6.45) is 0. The van der Waals surface area contributed by atoms with Gasteiger partial charge in [0.1, 0.15) is 17.1 Å². The van der Waals surface area contributed by atoms with E-state index >= 15 is 0 Å². The number of nitrogens with zero attached hydrogens (tertiary/aromatic N) is 1. The molecule has 0 fully saturated rings. The van der Waals surface area contributed by atoms with Crippen LogP contribution in [0.2, 0.25) is 0 Å². The fourth-order valence-corrected chi connectivity index (χ4v) is 3.73. The lowest BCUT2D eigenvalue weighted by Gasteiger charge is -2.37. The lowest BCUT2D eigenvalue weighted by molar-refractivity contribution is 0.409. The molecule has 4 rings (SSSR count). The molecule has 0 aliphatic carbocycles. The van der Waals surface area contributed by atoms with Gasteiger partial charge in [-0.05, 0) is 6.07 Å². The maximum absolute atomic E-state index is 5.80. The molecule has 2 nitrogen and oxygen atoms in total. The van der Waals surface area contributed by atoms with Crippen molar-refractivity contribution in [1.82, 2.24) is 4.48 Å². The summed E-state index contributed by atoms with van der Waals surface area (Å²) in [6, 6.07) is 40.0. The minimum atomic E-state index is 0.451. The molecule has 0 spiro atoms. The Kier molecular flexibility index (Phi) is 4.73. The zero-order chi connectivity index (χ0) is 18.5. The van der Waals surface area contributed by atoms with Crippen molar-refractivity contribution in [3.8, 4) is 5.75 Å². The van der Waals surface area contributed by atoms with E-state index in [2.05, 4.69) is 103 Å². The van der Waals surface area contributed by atoms with Crippen molar-refractivity contribution < 1.29 is 4.74 Å². The van der Waals surface area contributed by atoms with Crippen molar-refractivity contribution in [3.05, 3.63) is 115 Å². The Bertz CT molecular complexity index is 901. The lowest BCUT2D eigenvalue weighted by atomic mass is 10.1. The molecule has 4 aromatic rings. The molecule has 0 amide bonds. The molecule has 0 radical (unpaired) electrons. The van der Waals surface area contributed by atoms with Gasteiger partial charge in [-0.3, -0.25) is 0 Å². The van der Waals surface area contributed by atoms with E-state index in [0.29, 0.717) is 4.48 Å². The number of quaternary nitrogens is 1.